The molecule has 10 heteroatoms. The Morgan fingerprint density at radius 1 is 0.744 bits per heavy atom. The van der Waals surface area contributed by atoms with Gasteiger partial charge in [0.1, 0.15) is 0 Å². The van der Waals surface area contributed by atoms with Crippen molar-refractivity contribution in [3.8, 4) is 0 Å². The molecular weight excluding hydrogens is 543 g/mol. The fourth-order valence-electron chi connectivity index (χ4n) is 5.22. The van der Waals surface area contributed by atoms with Crippen molar-refractivity contribution >= 4 is 47.0 Å². The average Bonchev–Trinajstić information content (AvgIpc) is 3.52. The lowest BCUT2D eigenvalue weighted by Gasteiger charge is -2.15. The number of halogens is 2. The van der Waals surface area contributed by atoms with Crippen LogP contribution in [-0.2, 0) is 36.8 Å². The molecule has 2 aliphatic rings. The topological polar surface area (TPSA) is 104 Å². The van der Waals surface area contributed by atoms with Gasteiger partial charge in [-0.15, -0.1) is 0 Å². The van der Waals surface area contributed by atoms with Crippen LogP contribution in [0.4, 0.5) is 0 Å². The molecule has 2 aromatic carbocycles. The molecule has 0 spiro atoms. The Bertz CT molecular complexity index is 1170. The number of hydrogen-bond acceptors (Lipinski definition) is 5. The summed E-state index contributed by atoms with van der Waals surface area (Å²) in [5.74, 6) is -1.83. The van der Waals surface area contributed by atoms with Crippen LogP contribution in [0.15, 0.2) is 48.5 Å². The summed E-state index contributed by atoms with van der Waals surface area (Å²) in [5.41, 5.74) is 2.16. The first-order chi connectivity index (χ1) is 18.5. The van der Waals surface area contributed by atoms with Crippen molar-refractivity contribution in [1.29, 1.82) is 0 Å². The van der Waals surface area contributed by atoms with Crippen LogP contribution in [0.1, 0.15) is 25.0 Å². The first kappa shape index (κ1) is 30.4. The van der Waals surface area contributed by atoms with Crippen molar-refractivity contribution in [2.45, 2.75) is 26.7 Å². The van der Waals surface area contributed by atoms with E-state index in [2.05, 4.69) is 0 Å². The summed E-state index contributed by atoms with van der Waals surface area (Å²) in [4.78, 5) is 49.3. The molecule has 210 valence electrons. The maximum atomic E-state index is 11.9. The Hall–Kier alpha value is -3.10. The molecule has 4 atom stereocenters. The SMILES string of the molecule is CC(=O)N1C[C@H](Cc2ccc(Cl)cc2)[C@@H](C(=O)O)C1.COC(=O)[C@H]1CN(C(C)=O)C[C@@H]1Cc1ccc(Cl)cc1. The van der Waals surface area contributed by atoms with Crippen molar-refractivity contribution < 1.29 is 29.0 Å². The number of benzene rings is 2. The van der Waals surface area contributed by atoms with Gasteiger partial charge in [-0.1, -0.05) is 47.5 Å². The van der Waals surface area contributed by atoms with E-state index in [-0.39, 0.29) is 35.5 Å². The number of hydrogen-bond donors (Lipinski definition) is 1. The Labute approximate surface area is 238 Å². The number of carboxylic acid groups (broad SMARTS) is 1. The van der Waals surface area contributed by atoms with Gasteiger partial charge >= 0.3 is 11.9 Å². The van der Waals surface area contributed by atoms with Crippen LogP contribution in [0.25, 0.3) is 0 Å². The first-order valence-electron chi connectivity index (χ1n) is 12.8. The maximum Gasteiger partial charge on any atom is 0.310 e. The molecule has 2 fully saturated rings. The minimum Gasteiger partial charge on any atom is -0.481 e. The maximum absolute atomic E-state index is 11.9. The minimum absolute atomic E-state index is 0.00231. The summed E-state index contributed by atoms with van der Waals surface area (Å²) in [6.45, 7) is 4.86. The Balaban J connectivity index is 0.000000216. The van der Waals surface area contributed by atoms with Crippen LogP contribution in [-0.4, -0.2) is 71.9 Å². The molecule has 4 rings (SSSR count). The molecule has 0 unspecified atom stereocenters. The quantitative estimate of drug-likeness (QED) is 0.516. The summed E-state index contributed by atoms with van der Waals surface area (Å²) >= 11 is 11.7. The molecule has 2 aliphatic heterocycles. The lowest BCUT2D eigenvalue weighted by molar-refractivity contribution is -0.146. The van der Waals surface area contributed by atoms with E-state index in [9.17, 15) is 24.3 Å². The predicted octanol–water partition coefficient (Wildman–Crippen LogP) is 4.21. The van der Waals surface area contributed by atoms with E-state index < -0.39 is 11.9 Å². The highest BCUT2D eigenvalue weighted by Crippen LogP contribution is 2.29. The number of methoxy groups -OCH3 is 1. The average molecular weight is 578 g/mol. The number of carbonyl (C=O) groups excluding carboxylic acids is 3. The molecule has 2 heterocycles. The van der Waals surface area contributed by atoms with Crippen molar-refractivity contribution in [1.82, 2.24) is 9.80 Å². The first-order valence-corrected chi connectivity index (χ1v) is 13.5. The van der Waals surface area contributed by atoms with Gasteiger partial charge in [0.2, 0.25) is 11.8 Å². The summed E-state index contributed by atoms with van der Waals surface area (Å²) < 4.78 is 4.85. The van der Waals surface area contributed by atoms with E-state index in [0.29, 0.717) is 42.6 Å². The van der Waals surface area contributed by atoms with Gasteiger partial charge in [0, 0.05) is 50.1 Å². The Morgan fingerprint density at radius 3 is 1.49 bits per heavy atom. The van der Waals surface area contributed by atoms with Gasteiger partial charge in [-0.3, -0.25) is 19.2 Å². The molecule has 0 radical (unpaired) electrons. The van der Waals surface area contributed by atoms with Crippen LogP contribution in [0.3, 0.4) is 0 Å². The van der Waals surface area contributed by atoms with Crippen LogP contribution < -0.4 is 0 Å². The van der Waals surface area contributed by atoms with Crippen molar-refractivity contribution in [3.05, 3.63) is 69.7 Å². The number of likely N-dealkylation sites (tertiary alicyclic amines) is 2. The van der Waals surface area contributed by atoms with E-state index in [1.807, 2.05) is 36.4 Å². The summed E-state index contributed by atoms with van der Waals surface area (Å²) in [6.07, 6.45) is 1.39. The highest BCUT2D eigenvalue weighted by molar-refractivity contribution is 6.30. The van der Waals surface area contributed by atoms with Gasteiger partial charge in [0.15, 0.2) is 0 Å². The number of aliphatic carboxylic acids is 1. The third-order valence-electron chi connectivity index (χ3n) is 7.42. The lowest BCUT2D eigenvalue weighted by atomic mass is 9.90. The van der Waals surface area contributed by atoms with Gasteiger partial charge in [-0.25, -0.2) is 0 Å². The second-order valence-corrected chi connectivity index (χ2v) is 11.0. The van der Waals surface area contributed by atoms with Crippen molar-refractivity contribution in [2.75, 3.05) is 33.3 Å². The normalized spacial score (nSPS) is 22.2. The van der Waals surface area contributed by atoms with Crippen LogP contribution in [0.2, 0.25) is 10.0 Å². The zero-order valence-electron chi connectivity index (χ0n) is 22.3. The number of rotatable bonds is 6. The molecule has 0 bridgehead atoms. The Kier molecular flexibility index (Phi) is 10.8. The molecular formula is C29H34Cl2N2O6. The van der Waals surface area contributed by atoms with Crippen molar-refractivity contribution in [3.63, 3.8) is 0 Å². The fourth-order valence-corrected chi connectivity index (χ4v) is 5.47. The van der Waals surface area contributed by atoms with Crippen LogP contribution in [0, 0.1) is 23.7 Å². The fraction of sp³-hybridized carbons (Fsp3) is 0.448. The van der Waals surface area contributed by atoms with E-state index in [1.54, 1.807) is 21.9 Å². The zero-order chi connectivity index (χ0) is 28.7. The largest absolute Gasteiger partial charge is 0.481 e. The Morgan fingerprint density at radius 2 is 1.13 bits per heavy atom. The number of carboxylic acids is 1. The van der Waals surface area contributed by atoms with Crippen LogP contribution in [0.5, 0.6) is 0 Å². The van der Waals surface area contributed by atoms with Crippen LogP contribution >= 0.6 is 23.2 Å². The predicted molar refractivity (Wildman–Crippen MR) is 148 cm³/mol. The molecule has 39 heavy (non-hydrogen) atoms. The number of carbonyl (C=O) groups is 4. The van der Waals surface area contributed by atoms with E-state index in [4.69, 9.17) is 27.9 Å². The third kappa shape index (κ3) is 8.44. The van der Waals surface area contributed by atoms with E-state index in [0.717, 1.165) is 17.5 Å². The molecule has 0 saturated carbocycles. The highest BCUT2D eigenvalue weighted by atomic mass is 35.5. The standard InChI is InChI=1S/C15H18ClNO3.C14H16ClNO3/c1-10(18)17-8-12(14(9-17)15(19)20-2)7-11-3-5-13(16)6-4-11;1-9(17)16-7-11(13(8-16)14(18)19)6-10-2-4-12(15)5-3-10/h3-6,12,14H,7-9H2,1-2H3;2-5,11,13H,6-8H2,1H3,(H,18,19)/t12-,14-;11-,13-/m00/s1. The third-order valence-corrected chi connectivity index (χ3v) is 7.92. The summed E-state index contributed by atoms with van der Waals surface area (Å²) in [6, 6.07) is 15.0. The van der Waals surface area contributed by atoms with Gasteiger partial charge in [-0.05, 0) is 60.1 Å². The van der Waals surface area contributed by atoms with Gasteiger partial charge < -0.3 is 19.6 Å². The number of esters is 1. The molecule has 2 saturated heterocycles. The zero-order valence-corrected chi connectivity index (χ0v) is 23.8. The van der Waals surface area contributed by atoms with Gasteiger partial charge in [0.25, 0.3) is 0 Å². The number of nitrogens with zero attached hydrogens (tertiary/aromatic N) is 2. The van der Waals surface area contributed by atoms with E-state index in [1.165, 1.54) is 21.0 Å². The molecule has 2 amide bonds. The summed E-state index contributed by atoms with van der Waals surface area (Å²) in [7, 11) is 1.39. The molecule has 1 N–H and O–H groups in total. The number of amides is 2. The van der Waals surface area contributed by atoms with Crippen molar-refractivity contribution in [2.24, 2.45) is 23.7 Å². The smallest absolute Gasteiger partial charge is 0.310 e. The summed E-state index contributed by atoms with van der Waals surface area (Å²) in [5, 5.41) is 10.6. The molecule has 0 aromatic heterocycles. The second-order valence-electron chi connectivity index (χ2n) is 10.1. The van der Waals surface area contributed by atoms with Gasteiger partial charge in [0.05, 0.1) is 18.9 Å². The lowest BCUT2D eigenvalue weighted by Crippen LogP contribution is -2.27. The van der Waals surface area contributed by atoms with Gasteiger partial charge in [-0.2, -0.15) is 0 Å². The highest BCUT2D eigenvalue weighted by Gasteiger charge is 2.40. The molecule has 8 nitrogen and oxygen atoms in total. The monoisotopic (exact) mass is 576 g/mol. The number of ether oxygens (including phenoxy) is 1. The van der Waals surface area contributed by atoms with E-state index >= 15 is 0 Å². The minimum atomic E-state index is -0.831. The second kappa shape index (κ2) is 13.8. The molecule has 0 aliphatic carbocycles. The molecule has 2 aromatic rings.